The summed E-state index contributed by atoms with van der Waals surface area (Å²) in [6.07, 6.45) is 0. The van der Waals surface area contributed by atoms with Crippen LogP contribution in [0.5, 0.6) is 0 Å². The van der Waals surface area contributed by atoms with Crippen LogP contribution in [0.2, 0.25) is 5.02 Å². The van der Waals surface area contributed by atoms with Gasteiger partial charge in [0.1, 0.15) is 0 Å². The third-order valence-electron chi connectivity index (χ3n) is 2.47. The van der Waals surface area contributed by atoms with Crippen LogP contribution in [0.3, 0.4) is 0 Å². The van der Waals surface area contributed by atoms with Gasteiger partial charge in [-0.25, -0.2) is 0 Å². The zero-order valence-corrected chi connectivity index (χ0v) is 12.8. The number of benzene rings is 2. The Balaban J connectivity index is 2.03. The minimum absolute atomic E-state index is 0.106. The number of carbonyl (C=O) groups is 1. The van der Waals surface area contributed by atoms with E-state index in [9.17, 15) is 4.79 Å². The molecule has 1 N–H and O–H groups in total. The maximum atomic E-state index is 11.9. The van der Waals surface area contributed by atoms with Crippen molar-refractivity contribution in [2.75, 3.05) is 0 Å². The maximum absolute atomic E-state index is 11.9. The van der Waals surface area contributed by atoms with Crippen LogP contribution in [0.1, 0.15) is 15.9 Å². The summed E-state index contributed by atoms with van der Waals surface area (Å²) in [5.41, 5.74) is 1.54. The van der Waals surface area contributed by atoms with Crippen LogP contribution < -0.4 is 9.67 Å². The van der Waals surface area contributed by atoms with Crippen LogP contribution in [0, 0.1) is 6.07 Å². The fourth-order valence-electron chi connectivity index (χ4n) is 1.54. The molecule has 1 amide bonds. The molecule has 91 valence electrons. The molecule has 0 saturated heterocycles. The summed E-state index contributed by atoms with van der Waals surface area (Å²) in [4.78, 5) is 11.9. The summed E-state index contributed by atoms with van der Waals surface area (Å²) in [6, 6.07) is 15.8. The van der Waals surface area contributed by atoms with E-state index < -0.39 is 0 Å². The first-order valence-corrected chi connectivity index (χ1v) is 7.04. The van der Waals surface area contributed by atoms with Gasteiger partial charge in [-0.05, 0) is 0 Å². The van der Waals surface area contributed by atoms with Gasteiger partial charge in [-0.3, -0.25) is 0 Å². The fourth-order valence-corrected chi connectivity index (χ4v) is 2.32. The van der Waals surface area contributed by atoms with E-state index in [-0.39, 0.29) is 5.91 Å². The van der Waals surface area contributed by atoms with Gasteiger partial charge < -0.3 is 0 Å². The Morgan fingerprint density at radius 3 is 2.83 bits per heavy atom. The molecule has 0 bridgehead atoms. The molecule has 2 aromatic carbocycles. The topological polar surface area (TPSA) is 29.1 Å². The number of hydrogen-bond donors (Lipinski definition) is 1. The Labute approximate surface area is 120 Å². The second-order valence-electron chi connectivity index (χ2n) is 3.83. The van der Waals surface area contributed by atoms with Crippen LogP contribution >= 0.6 is 11.6 Å². The van der Waals surface area contributed by atoms with Crippen molar-refractivity contribution in [1.29, 1.82) is 0 Å². The molecule has 0 aromatic heterocycles. The molecule has 0 spiro atoms. The Hall–Kier alpha value is -1.24. The summed E-state index contributed by atoms with van der Waals surface area (Å²) >= 11 is 7.50. The summed E-state index contributed by atoms with van der Waals surface area (Å²) in [5.74, 6) is -0.106. The predicted octanol–water partition coefficient (Wildman–Crippen LogP) is 1.33. The predicted molar refractivity (Wildman–Crippen MR) is 76.1 cm³/mol. The zero-order chi connectivity index (χ0) is 13.0. The van der Waals surface area contributed by atoms with Gasteiger partial charge >= 0.3 is 120 Å². The molecule has 0 aliphatic carbocycles. The van der Waals surface area contributed by atoms with Gasteiger partial charge in [-0.2, -0.15) is 0 Å². The second kappa shape index (κ2) is 6.08. The van der Waals surface area contributed by atoms with Crippen LogP contribution in [0.15, 0.2) is 42.5 Å². The molecule has 0 heterocycles. The second-order valence-corrected chi connectivity index (χ2v) is 5.64. The third-order valence-corrected chi connectivity index (χ3v) is 3.54. The van der Waals surface area contributed by atoms with Crippen molar-refractivity contribution in [2.45, 2.75) is 6.54 Å². The fraction of sp³-hybridized carbons (Fsp3) is 0.0714. The van der Waals surface area contributed by atoms with E-state index >= 15 is 0 Å². The zero-order valence-electron chi connectivity index (χ0n) is 9.61. The van der Waals surface area contributed by atoms with Crippen molar-refractivity contribution in [3.8, 4) is 0 Å². The quantitative estimate of drug-likeness (QED) is 0.850. The average molecular weight is 321 g/mol. The van der Waals surface area contributed by atoms with Crippen molar-refractivity contribution in [1.82, 2.24) is 5.32 Å². The molecule has 0 aliphatic heterocycles. The molecule has 2 rings (SSSR count). The minimum atomic E-state index is -0.106. The molecule has 1 unspecified atom stereocenters. The van der Waals surface area contributed by atoms with E-state index in [1.165, 1.54) is 16.9 Å². The molecule has 0 aliphatic rings. The first-order chi connectivity index (χ1) is 8.66. The van der Waals surface area contributed by atoms with E-state index in [1.807, 2.05) is 36.4 Å². The van der Waals surface area contributed by atoms with Crippen LogP contribution in [0.25, 0.3) is 0 Å². The first kappa shape index (κ1) is 13.2. The molecule has 18 heavy (non-hydrogen) atoms. The number of nitrogens with one attached hydrogen (secondary N) is 1. The Bertz CT molecular complexity index is 571. The number of amides is 1. The Kier molecular flexibility index (Phi) is 4.46. The standard InChI is InChI=1S/C14H12AsClNO/c15-12-6-3-5-10(8-12)14(18)17-9-11-4-1-2-7-13(11)16/h1-2,4-8H,9,15H2,(H,17,18). The van der Waals surface area contributed by atoms with Gasteiger partial charge in [0.15, 0.2) is 0 Å². The van der Waals surface area contributed by atoms with Gasteiger partial charge in [0.05, 0.1) is 0 Å². The normalized spacial score (nSPS) is 10.1. The van der Waals surface area contributed by atoms with Crippen molar-refractivity contribution < 1.29 is 4.79 Å². The number of rotatable bonds is 3. The number of halogens is 1. The summed E-state index contributed by atoms with van der Waals surface area (Å²) in [6.45, 7) is 0.428. The van der Waals surface area contributed by atoms with E-state index in [4.69, 9.17) is 11.6 Å². The van der Waals surface area contributed by atoms with Gasteiger partial charge in [-0.15, -0.1) is 0 Å². The molecule has 2 nitrogen and oxygen atoms in total. The SMILES string of the molecule is O=C(NCc1ccccc1Cl)c1c[c]cc([AsH2])c1. The van der Waals surface area contributed by atoms with Crippen LogP contribution in [-0.2, 0) is 6.54 Å². The van der Waals surface area contributed by atoms with Gasteiger partial charge in [-0.1, -0.05) is 0 Å². The molecular weight excluding hydrogens is 309 g/mol. The molecule has 0 saturated carbocycles. The summed E-state index contributed by atoms with van der Waals surface area (Å²) in [7, 11) is 0. The average Bonchev–Trinajstić information content (AvgIpc) is 2.37. The van der Waals surface area contributed by atoms with Gasteiger partial charge in [0, 0.05) is 0 Å². The summed E-state index contributed by atoms with van der Waals surface area (Å²) < 4.78 is 1.08. The van der Waals surface area contributed by atoms with Crippen LogP contribution in [0.4, 0.5) is 0 Å². The molecule has 1 radical (unpaired) electrons. The summed E-state index contributed by atoms with van der Waals surface area (Å²) in [5, 5.41) is 3.51. The Morgan fingerprint density at radius 2 is 2.11 bits per heavy atom. The number of carbonyl (C=O) groups excluding carboxylic acids is 1. The van der Waals surface area contributed by atoms with Crippen molar-refractivity contribution in [2.24, 2.45) is 0 Å². The van der Waals surface area contributed by atoms with E-state index in [2.05, 4.69) is 11.4 Å². The van der Waals surface area contributed by atoms with Crippen molar-refractivity contribution >= 4 is 38.7 Å². The molecule has 2 aromatic rings. The number of hydrogen-bond acceptors (Lipinski definition) is 1. The van der Waals surface area contributed by atoms with E-state index in [0.29, 0.717) is 17.1 Å². The molecule has 1 atom stereocenters. The first-order valence-electron chi connectivity index (χ1n) is 5.45. The Morgan fingerprint density at radius 1 is 1.33 bits per heavy atom. The van der Waals surface area contributed by atoms with Crippen molar-refractivity contribution in [3.05, 3.63) is 64.7 Å². The monoisotopic (exact) mass is 320 g/mol. The third kappa shape index (κ3) is 3.38. The van der Waals surface area contributed by atoms with E-state index in [1.54, 1.807) is 6.07 Å². The van der Waals surface area contributed by atoms with Gasteiger partial charge in [0.25, 0.3) is 0 Å². The van der Waals surface area contributed by atoms with Crippen molar-refractivity contribution in [3.63, 3.8) is 0 Å². The van der Waals surface area contributed by atoms with Crippen LogP contribution in [-0.4, -0.2) is 22.8 Å². The molecule has 4 heteroatoms. The molecular formula is C14H12AsClNO. The van der Waals surface area contributed by atoms with E-state index in [0.717, 1.165) is 9.91 Å². The molecule has 0 fully saturated rings. The van der Waals surface area contributed by atoms with Gasteiger partial charge in [0.2, 0.25) is 0 Å².